The summed E-state index contributed by atoms with van der Waals surface area (Å²) in [5, 5.41) is 10.7. The third-order valence-electron chi connectivity index (χ3n) is 4.00. The molecule has 0 spiro atoms. The van der Waals surface area contributed by atoms with Gasteiger partial charge in [0.15, 0.2) is 11.6 Å². The number of halogens is 1. The zero-order chi connectivity index (χ0) is 23.5. The van der Waals surface area contributed by atoms with Gasteiger partial charge in [-0.05, 0) is 62.4 Å². The van der Waals surface area contributed by atoms with Gasteiger partial charge in [0, 0.05) is 17.4 Å². The first-order chi connectivity index (χ1) is 14.9. The molecular formula is C19H21FN6O4S2. The van der Waals surface area contributed by atoms with Crippen LogP contribution in [0.5, 0.6) is 0 Å². The number of aromatic nitrogens is 2. The van der Waals surface area contributed by atoms with Crippen molar-refractivity contribution in [2.45, 2.75) is 29.7 Å². The maximum Gasteiger partial charge on any atom is 0.240 e. The van der Waals surface area contributed by atoms with Gasteiger partial charge < -0.3 is 10.6 Å². The fourth-order valence-corrected chi connectivity index (χ4v) is 4.37. The molecule has 3 rings (SSSR count). The predicted octanol–water partition coefficient (Wildman–Crippen LogP) is 2.44. The molecule has 32 heavy (non-hydrogen) atoms. The summed E-state index contributed by atoms with van der Waals surface area (Å²) in [6, 6.07) is 11.0. The zero-order valence-corrected chi connectivity index (χ0v) is 18.7. The first-order valence-corrected chi connectivity index (χ1v) is 12.3. The van der Waals surface area contributed by atoms with Crippen LogP contribution >= 0.6 is 0 Å². The molecule has 0 fully saturated rings. The summed E-state index contributed by atoms with van der Waals surface area (Å²) in [6.45, 7) is 3.43. The average molecular weight is 481 g/mol. The Bertz CT molecular complexity index is 1310. The molecule has 170 valence electrons. The fourth-order valence-electron chi connectivity index (χ4n) is 2.60. The highest BCUT2D eigenvalue weighted by Gasteiger charge is 2.15. The predicted molar refractivity (Wildman–Crippen MR) is 118 cm³/mol. The van der Waals surface area contributed by atoms with Crippen molar-refractivity contribution in [1.29, 1.82) is 0 Å². The standard InChI is InChI=1S/C19H21FN6O4S2/c1-12(2)26-32(29,30)16-9-5-13(6-10-16)23-18-17(20)11-22-19(25-18)24-14-3-7-15(8-4-14)31(21,27)28/h3-12,26H,1-2H3,(H2,21,27,28)(H2,22,23,24,25). The number of nitrogens with one attached hydrogen (secondary N) is 3. The van der Waals surface area contributed by atoms with Crippen molar-refractivity contribution in [1.82, 2.24) is 14.7 Å². The van der Waals surface area contributed by atoms with Gasteiger partial charge in [-0.1, -0.05) is 0 Å². The molecule has 0 aliphatic heterocycles. The second-order valence-electron chi connectivity index (χ2n) is 7.01. The van der Waals surface area contributed by atoms with Crippen molar-refractivity contribution in [3.05, 3.63) is 60.5 Å². The van der Waals surface area contributed by atoms with E-state index >= 15 is 0 Å². The molecule has 0 unspecified atom stereocenters. The van der Waals surface area contributed by atoms with Gasteiger partial charge in [-0.25, -0.2) is 36.1 Å². The lowest BCUT2D eigenvalue weighted by Gasteiger charge is -2.12. The Morgan fingerprint density at radius 3 is 1.94 bits per heavy atom. The highest BCUT2D eigenvalue weighted by atomic mass is 32.2. The van der Waals surface area contributed by atoms with Crippen molar-refractivity contribution in [3.63, 3.8) is 0 Å². The van der Waals surface area contributed by atoms with Gasteiger partial charge in [-0.3, -0.25) is 0 Å². The number of anilines is 4. The summed E-state index contributed by atoms with van der Waals surface area (Å²) >= 11 is 0. The molecule has 0 aliphatic rings. The summed E-state index contributed by atoms with van der Waals surface area (Å²) in [4.78, 5) is 7.93. The van der Waals surface area contributed by atoms with Crippen LogP contribution in [0.1, 0.15) is 13.8 Å². The van der Waals surface area contributed by atoms with Crippen LogP contribution in [0, 0.1) is 5.82 Å². The Morgan fingerprint density at radius 2 is 1.41 bits per heavy atom. The van der Waals surface area contributed by atoms with Crippen molar-refractivity contribution in [3.8, 4) is 0 Å². The number of hydrogen-bond donors (Lipinski definition) is 4. The lowest BCUT2D eigenvalue weighted by atomic mass is 10.3. The van der Waals surface area contributed by atoms with Crippen LogP contribution in [-0.2, 0) is 20.0 Å². The van der Waals surface area contributed by atoms with E-state index in [1.165, 1.54) is 48.5 Å². The molecule has 1 heterocycles. The molecule has 0 saturated heterocycles. The number of benzene rings is 2. The second-order valence-corrected chi connectivity index (χ2v) is 10.3. The van der Waals surface area contributed by atoms with Crippen molar-refractivity contribution >= 4 is 43.2 Å². The van der Waals surface area contributed by atoms with E-state index in [4.69, 9.17) is 5.14 Å². The van der Waals surface area contributed by atoms with Crippen molar-refractivity contribution in [2.24, 2.45) is 5.14 Å². The molecular weight excluding hydrogens is 459 g/mol. The second kappa shape index (κ2) is 9.16. The van der Waals surface area contributed by atoms with Crippen LogP contribution in [0.25, 0.3) is 0 Å². The van der Waals surface area contributed by atoms with Gasteiger partial charge in [-0.15, -0.1) is 0 Å². The van der Waals surface area contributed by atoms with Crippen molar-refractivity contribution in [2.75, 3.05) is 10.6 Å². The highest BCUT2D eigenvalue weighted by Crippen LogP contribution is 2.22. The molecule has 3 aromatic rings. The average Bonchev–Trinajstić information content (AvgIpc) is 2.70. The highest BCUT2D eigenvalue weighted by molar-refractivity contribution is 7.89. The lowest BCUT2D eigenvalue weighted by Crippen LogP contribution is -2.30. The van der Waals surface area contributed by atoms with E-state index in [1.54, 1.807) is 13.8 Å². The number of sulfonamides is 2. The van der Waals surface area contributed by atoms with Crippen LogP contribution in [0.4, 0.5) is 27.5 Å². The molecule has 0 amide bonds. The van der Waals surface area contributed by atoms with Crippen LogP contribution in [0.15, 0.2) is 64.5 Å². The zero-order valence-electron chi connectivity index (χ0n) is 17.1. The van der Waals surface area contributed by atoms with Crippen LogP contribution in [-0.4, -0.2) is 32.8 Å². The number of primary sulfonamides is 1. The molecule has 0 bridgehead atoms. The largest absolute Gasteiger partial charge is 0.338 e. The number of nitrogens with two attached hydrogens (primary N) is 1. The number of nitrogens with zero attached hydrogens (tertiary/aromatic N) is 2. The van der Waals surface area contributed by atoms with Gasteiger partial charge in [0.25, 0.3) is 0 Å². The maximum absolute atomic E-state index is 14.2. The van der Waals surface area contributed by atoms with Gasteiger partial charge in [-0.2, -0.15) is 4.98 Å². The van der Waals surface area contributed by atoms with E-state index in [9.17, 15) is 21.2 Å². The Hall–Kier alpha value is -3.13. The van der Waals surface area contributed by atoms with Gasteiger partial charge in [0.05, 0.1) is 16.0 Å². The maximum atomic E-state index is 14.2. The van der Waals surface area contributed by atoms with E-state index in [-0.39, 0.29) is 27.6 Å². The summed E-state index contributed by atoms with van der Waals surface area (Å²) < 4.78 is 63.7. The first kappa shape index (κ1) is 23.5. The van der Waals surface area contributed by atoms with E-state index < -0.39 is 25.9 Å². The molecule has 5 N–H and O–H groups in total. The third-order valence-corrected chi connectivity index (χ3v) is 6.61. The van der Waals surface area contributed by atoms with Crippen LogP contribution in [0.3, 0.4) is 0 Å². The summed E-state index contributed by atoms with van der Waals surface area (Å²) in [5.74, 6) is -0.810. The third kappa shape index (κ3) is 5.97. The van der Waals surface area contributed by atoms with E-state index in [0.717, 1.165) is 6.20 Å². The van der Waals surface area contributed by atoms with E-state index in [0.29, 0.717) is 11.4 Å². The topological polar surface area (TPSA) is 156 Å². The SMILES string of the molecule is CC(C)NS(=O)(=O)c1ccc(Nc2nc(Nc3ccc(S(N)(=O)=O)cc3)ncc2F)cc1. The Kier molecular flexibility index (Phi) is 6.74. The fraction of sp³-hybridized carbons (Fsp3) is 0.158. The van der Waals surface area contributed by atoms with E-state index in [2.05, 4.69) is 25.3 Å². The normalized spacial score (nSPS) is 12.0. The van der Waals surface area contributed by atoms with Crippen LogP contribution < -0.4 is 20.5 Å². The monoisotopic (exact) mass is 480 g/mol. The number of rotatable bonds is 8. The smallest absolute Gasteiger partial charge is 0.240 e. The van der Waals surface area contributed by atoms with Crippen molar-refractivity contribution < 1.29 is 21.2 Å². The van der Waals surface area contributed by atoms with Crippen LogP contribution in [0.2, 0.25) is 0 Å². The van der Waals surface area contributed by atoms with Gasteiger partial charge in [0.1, 0.15) is 0 Å². The summed E-state index contributed by atoms with van der Waals surface area (Å²) in [7, 11) is -7.46. The molecule has 2 aromatic carbocycles. The summed E-state index contributed by atoms with van der Waals surface area (Å²) in [6.07, 6.45) is 0.960. The molecule has 0 atom stereocenters. The minimum Gasteiger partial charge on any atom is -0.338 e. The minimum absolute atomic E-state index is 0.0533. The molecule has 0 saturated carbocycles. The van der Waals surface area contributed by atoms with Gasteiger partial charge >= 0.3 is 0 Å². The Morgan fingerprint density at radius 1 is 0.875 bits per heavy atom. The van der Waals surface area contributed by atoms with E-state index in [1.807, 2.05) is 0 Å². The Balaban J connectivity index is 1.76. The molecule has 1 aromatic heterocycles. The molecule has 13 heteroatoms. The molecule has 0 aliphatic carbocycles. The quantitative estimate of drug-likeness (QED) is 0.383. The Labute approximate surface area is 185 Å². The minimum atomic E-state index is -3.82. The van der Waals surface area contributed by atoms with Gasteiger partial charge in [0.2, 0.25) is 26.0 Å². The first-order valence-electron chi connectivity index (χ1n) is 9.26. The molecule has 10 nitrogen and oxygen atoms in total. The molecule has 0 radical (unpaired) electrons. The summed E-state index contributed by atoms with van der Waals surface area (Å²) in [5.41, 5.74) is 0.872. The lowest BCUT2D eigenvalue weighted by molar-refractivity contribution is 0.570. The number of hydrogen-bond acceptors (Lipinski definition) is 8.